The molecule has 0 bridgehead atoms. The first-order valence-electron chi connectivity index (χ1n) is 10.6. The Labute approximate surface area is 158 Å². The smallest absolute Gasteiger partial charge is 0.0563 e. The number of hydrogen-bond acceptors (Lipinski definition) is 2. The number of piperidine rings is 1. The minimum Gasteiger partial charge on any atom is -0.289 e. The van der Waals surface area contributed by atoms with E-state index in [-0.39, 0.29) is 0 Å². The zero-order chi connectivity index (χ0) is 18.6. The molecule has 3 rings (SSSR count). The lowest BCUT2D eigenvalue weighted by atomic mass is 9.58. The van der Waals surface area contributed by atoms with Gasteiger partial charge in [-0.05, 0) is 45.1 Å². The average Bonchev–Trinajstić information content (AvgIpc) is 2.68. The van der Waals surface area contributed by atoms with E-state index >= 15 is 0 Å². The Balaban J connectivity index is 0.000000798. The van der Waals surface area contributed by atoms with Crippen molar-refractivity contribution in [3.63, 3.8) is 0 Å². The lowest BCUT2D eigenvalue weighted by Crippen LogP contribution is -2.75. The highest BCUT2D eigenvalue weighted by molar-refractivity contribution is 7.84. The van der Waals surface area contributed by atoms with Crippen LogP contribution in [0, 0.1) is 5.92 Å². The Hall–Kier alpha value is -0.210. The number of rotatable bonds is 2. The predicted molar refractivity (Wildman–Crippen MR) is 115 cm³/mol. The third-order valence-electron chi connectivity index (χ3n) is 5.35. The normalized spacial score (nSPS) is 31.8. The van der Waals surface area contributed by atoms with E-state index < -0.39 is 0 Å². The molecule has 1 aliphatic carbocycles. The Morgan fingerprint density at radius 3 is 2.21 bits per heavy atom. The molecule has 24 heavy (non-hydrogen) atoms. The second-order valence-electron chi connectivity index (χ2n) is 6.11. The van der Waals surface area contributed by atoms with E-state index in [1.54, 1.807) is 0 Å². The second kappa shape index (κ2) is 13.1. The summed E-state index contributed by atoms with van der Waals surface area (Å²) in [5.74, 6) is 0.889. The van der Waals surface area contributed by atoms with E-state index in [0.717, 1.165) is 12.0 Å². The summed E-state index contributed by atoms with van der Waals surface area (Å²) >= 11 is 4.89. The number of thiol groups is 1. The van der Waals surface area contributed by atoms with Crippen molar-refractivity contribution in [2.24, 2.45) is 5.92 Å². The quantitative estimate of drug-likeness (QED) is 0.404. The van der Waals surface area contributed by atoms with Crippen molar-refractivity contribution in [2.45, 2.75) is 105 Å². The fraction of sp³-hybridized carbons (Fsp3) is 0.818. The maximum atomic E-state index is 4.89. The lowest BCUT2D eigenvalue weighted by molar-refractivity contribution is -0.150. The molecule has 2 heteroatoms. The summed E-state index contributed by atoms with van der Waals surface area (Å²) in [7, 11) is 0. The molecule has 3 aliphatic rings. The standard InChI is InChI=1S/C16H25NS.3C2H6/c1-2-3-10-15(18)16-11-6-4-8-13(16)14-9-5-7-12-17(14)16;3*1-2/h2-3,10,13-14,18H,4-9,11-12H2,1H3;3*1-2H3/b3-2-,15-10-;;;/t13-,14?,16-;;;/m0.../s1. The summed E-state index contributed by atoms with van der Waals surface area (Å²) in [6.45, 7) is 15.4. The second-order valence-corrected chi connectivity index (χ2v) is 6.59. The van der Waals surface area contributed by atoms with Crippen LogP contribution in [0.5, 0.6) is 0 Å². The van der Waals surface area contributed by atoms with E-state index in [9.17, 15) is 0 Å². The molecule has 0 aromatic carbocycles. The van der Waals surface area contributed by atoms with Gasteiger partial charge in [-0.25, -0.2) is 0 Å². The lowest BCUT2D eigenvalue weighted by Gasteiger charge is -2.68. The minimum absolute atomic E-state index is 0.325. The molecule has 1 nitrogen and oxygen atoms in total. The summed E-state index contributed by atoms with van der Waals surface area (Å²) in [4.78, 5) is 4.12. The Kier molecular flexibility index (Phi) is 12.9. The van der Waals surface area contributed by atoms with E-state index in [2.05, 4.69) is 30.1 Å². The van der Waals surface area contributed by atoms with Gasteiger partial charge in [0, 0.05) is 10.9 Å². The first kappa shape index (κ1) is 23.8. The molecule has 2 saturated heterocycles. The van der Waals surface area contributed by atoms with Crippen LogP contribution in [0.2, 0.25) is 0 Å². The fourth-order valence-corrected chi connectivity index (χ4v) is 5.13. The van der Waals surface area contributed by atoms with E-state index in [1.165, 1.54) is 56.4 Å². The Morgan fingerprint density at radius 2 is 1.58 bits per heavy atom. The monoisotopic (exact) mass is 353 g/mol. The summed E-state index contributed by atoms with van der Waals surface area (Å²) in [5, 5.41) is 0. The molecule has 0 spiro atoms. The maximum Gasteiger partial charge on any atom is 0.0563 e. The average molecular weight is 354 g/mol. The molecule has 3 atom stereocenters. The number of fused-ring (bicyclic) bond motifs is 4. The van der Waals surface area contributed by atoms with Crippen molar-refractivity contribution in [1.82, 2.24) is 4.90 Å². The van der Waals surface area contributed by atoms with Crippen molar-refractivity contribution < 1.29 is 0 Å². The zero-order valence-electron chi connectivity index (χ0n) is 17.4. The van der Waals surface area contributed by atoms with Gasteiger partial charge in [-0.15, -0.1) is 12.6 Å². The van der Waals surface area contributed by atoms with Gasteiger partial charge in [-0.1, -0.05) is 79.0 Å². The maximum absolute atomic E-state index is 4.89. The van der Waals surface area contributed by atoms with Crippen molar-refractivity contribution in [3.8, 4) is 0 Å². The molecule has 2 aliphatic heterocycles. The van der Waals surface area contributed by atoms with Gasteiger partial charge < -0.3 is 0 Å². The summed E-state index contributed by atoms with van der Waals surface area (Å²) in [6.07, 6.45) is 16.3. The number of allylic oxidation sites excluding steroid dienone is 3. The molecular weight excluding hydrogens is 310 g/mol. The highest BCUT2D eigenvalue weighted by Crippen LogP contribution is 2.58. The molecule has 0 amide bonds. The van der Waals surface area contributed by atoms with Crippen LogP contribution in [0.4, 0.5) is 0 Å². The highest BCUT2D eigenvalue weighted by Gasteiger charge is 2.61. The van der Waals surface area contributed by atoms with Gasteiger partial charge in [-0.2, -0.15) is 0 Å². The largest absolute Gasteiger partial charge is 0.289 e. The first-order valence-corrected chi connectivity index (χ1v) is 11.0. The van der Waals surface area contributed by atoms with Crippen LogP contribution in [0.1, 0.15) is 93.4 Å². The van der Waals surface area contributed by atoms with Gasteiger partial charge in [0.05, 0.1) is 5.54 Å². The molecule has 0 aromatic rings. The zero-order valence-corrected chi connectivity index (χ0v) is 18.3. The molecule has 1 unspecified atom stereocenters. The third-order valence-corrected chi connectivity index (χ3v) is 5.89. The topological polar surface area (TPSA) is 3.24 Å². The van der Waals surface area contributed by atoms with Gasteiger partial charge in [-0.3, -0.25) is 4.90 Å². The number of nitrogens with zero attached hydrogens (tertiary/aromatic N) is 1. The SMILES string of the molecule is C/C=C\C=C(/S)[C@]12CCCC[C@H]1C1CCCCN12.CC.CC.CC. The van der Waals surface area contributed by atoms with Crippen LogP contribution in [-0.4, -0.2) is 23.0 Å². The van der Waals surface area contributed by atoms with Gasteiger partial charge in [0.15, 0.2) is 0 Å². The van der Waals surface area contributed by atoms with Crippen LogP contribution in [-0.2, 0) is 0 Å². The van der Waals surface area contributed by atoms with Crippen molar-refractivity contribution in [1.29, 1.82) is 0 Å². The van der Waals surface area contributed by atoms with Crippen molar-refractivity contribution in [2.75, 3.05) is 6.54 Å². The van der Waals surface area contributed by atoms with Crippen LogP contribution >= 0.6 is 12.6 Å². The van der Waals surface area contributed by atoms with Gasteiger partial charge in [0.25, 0.3) is 0 Å². The van der Waals surface area contributed by atoms with Gasteiger partial charge in [0.1, 0.15) is 0 Å². The summed E-state index contributed by atoms with van der Waals surface area (Å²) in [6, 6.07) is 0.875. The van der Waals surface area contributed by atoms with Crippen molar-refractivity contribution in [3.05, 3.63) is 23.1 Å². The molecule has 3 fully saturated rings. The highest BCUT2D eigenvalue weighted by atomic mass is 32.1. The van der Waals surface area contributed by atoms with Crippen LogP contribution in [0.25, 0.3) is 0 Å². The summed E-state index contributed by atoms with van der Waals surface area (Å²) in [5.41, 5.74) is 0.325. The summed E-state index contributed by atoms with van der Waals surface area (Å²) < 4.78 is 0. The molecule has 142 valence electrons. The molecular formula is C22H43NS. The van der Waals surface area contributed by atoms with Crippen LogP contribution in [0.15, 0.2) is 23.1 Å². The molecule has 0 N–H and O–H groups in total. The van der Waals surface area contributed by atoms with Crippen LogP contribution in [0.3, 0.4) is 0 Å². The van der Waals surface area contributed by atoms with Crippen LogP contribution < -0.4 is 0 Å². The van der Waals surface area contributed by atoms with Gasteiger partial charge in [0.2, 0.25) is 0 Å². The third kappa shape index (κ3) is 4.69. The van der Waals surface area contributed by atoms with E-state index in [4.69, 9.17) is 12.6 Å². The van der Waals surface area contributed by atoms with Crippen molar-refractivity contribution >= 4 is 12.6 Å². The molecule has 2 heterocycles. The Morgan fingerprint density at radius 1 is 0.958 bits per heavy atom. The minimum atomic E-state index is 0.325. The molecule has 0 radical (unpaired) electrons. The molecule has 0 aromatic heterocycles. The first-order chi connectivity index (χ1) is 11.8. The Bertz CT molecular complexity index is 360. The predicted octanol–water partition coefficient (Wildman–Crippen LogP) is 7.25. The molecule has 1 saturated carbocycles. The van der Waals surface area contributed by atoms with E-state index in [0.29, 0.717) is 5.54 Å². The van der Waals surface area contributed by atoms with E-state index in [1.807, 2.05) is 41.5 Å². The number of hydrogen-bond donors (Lipinski definition) is 1. The fourth-order valence-electron chi connectivity index (χ4n) is 4.64. The van der Waals surface area contributed by atoms with Gasteiger partial charge >= 0.3 is 0 Å².